The van der Waals surface area contributed by atoms with Crippen LogP contribution >= 0.6 is 11.8 Å². The van der Waals surface area contributed by atoms with Gasteiger partial charge in [-0.1, -0.05) is 17.8 Å². The SMILES string of the molecule is Cc1ccc(NC(=O)CSc2nnc(-c3ccco3)n2C(C)C)cc1[N+](=O)[O-]. The molecule has 0 bridgehead atoms. The summed E-state index contributed by atoms with van der Waals surface area (Å²) < 4.78 is 7.30. The number of aromatic nitrogens is 3. The van der Waals surface area contributed by atoms with E-state index in [9.17, 15) is 14.9 Å². The van der Waals surface area contributed by atoms with Crippen LogP contribution in [-0.4, -0.2) is 31.3 Å². The lowest BCUT2D eigenvalue weighted by molar-refractivity contribution is -0.385. The van der Waals surface area contributed by atoms with Gasteiger partial charge >= 0.3 is 0 Å². The Kier molecular flexibility index (Phi) is 5.78. The number of anilines is 1. The summed E-state index contributed by atoms with van der Waals surface area (Å²) in [6, 6.07) is 8.23. The fraction of sp³-hybridized carbons (Fsp3) is 0.278. The number of nitrogens with one attached hydrogen (secondary N) is 1. The molecule has 0 aliphatic rings. The number of hydrogen-bond acceptors (Lipinski definition) is 7. The molecule has 1 N–H and O–H groups in total. The summed E-state index contributed by atoms with van der Waals surface area (Å²) >= 11 is 1.24. The summed E-state index contributed by atoms with van der Waals surface area (Å²) in [5.74, 6) is 0.993. The maximum Gasteiger partial charge on any atom is 0.274 e. The summed E-state index contributed by atoms with van der Waals surface area (Å²) in [4.78, 5) is 22.9. The minimum absolute atomic E-state index is 0.0342. The van der Waals surface area contributed by atoms with Crippen molar-refractivity contribution in [3.05, 3.63) is 52.3 Å². The lowest BCUT2D eigenvalue weighted by Gasteiger charge is -2.12. The molecule has 3 aromatic rings. The van der Waals surface area contributed by atoms with E-state index in [4.69, 9.17) is 4.42 Å². The number of rotatable bonds is 7. The molecule has 0 saturated heterocycles. The minimum atomic E-state index is -0.471. The molecular weight excluding hydrogens is 382 g/mol. The van der Waals surface area contributed by atoms with Crippen molar-refractivity contribution < 1.29 is 14.1 Å². The third-order valence-electron chi connectivity index (χ3n) is 3.94. The second kappa shape index (κ2) is 8.26. The first-order chi connectivity index (χ1) is 13.4. The Bertz CT molecular complexity index is 998. The van der Waals surface area contributed by atoms with Gasteiger partial charge in [0.1, 0.15) is 0 Å². The van der Waals surface area contributed by atoms with Crippen LogP contribution < -0.4 is 5.32 Å². The summed E-state index contributed by atoms with van der Waals surface area (Å²) in [6.07, 6.45) is 1.57. The highest BCUT2D eigenvalue weighted by molar-refractivity contribution is 7.99. The lowest BCUT2D eigenvalue weighted by atomic mass is 10.2. The van der Waals surface area contributed by atoms with Gasteiger partial charge in [0, 0.05) is 23.4 Å². The maximum absolute atomic E-state index is 12.3. The van der Waals surface area contributed by atoms with Gasteiger partial charge in [-0.25, -0.2) is 0 Å². The Morgan fingerprint density at radius 2 is 2.14 bits per heavy atom. The molecule has 0 fully saturated rings. The first-order valence-corrected chi connectivity index (χ1v) is 9.52. The highest BCUT2D eigenvalue weighted by Crippen LogP contribution is 2.28. The zero-order chi connectivity index (χ0) is 20.3. The summed E-state index contributed by atoms with van der Waals surface area (Å²) in [5, 5.41) is 22.6. The van der Waals surface area contributed by atoms with Crippen LogP contribution in [0.4, 0.5) is 11.4 Å². The third kappa shape index (κ3) is 4.22. The van der Waals surface area contributed by atoms with E-state index in [1.54, 1.807) is 37.5 Å². The molecule has 2 heterocycles. The summed E-state index contributed by atoms with van der Waals surface area (Å²) in [5.41, 5.74) is 0.880. The van der Waals surface area contributed by atoms with Gasteiger partial charge in [-0.05, 0) is 39.0 Å². The van der Waals surface area contributed by atoms with E-state index >= 15 is 0 Å². The van der Waals surface area contributed by atoms with Crippen LogP contribution in [0.25, 0.3) is 11.6 Å². The number of nitro groups is 1. The average Bonchev–Trinajstić information content (AvgIpc) is 3.30. The molecule has 0 saturated carbocycles. The van der Waals surface area contributed by atoms with E-state index in [-0.39, 0.29) is 23.4 Å². The van der Waals surface area contributed by atoms with Crippen molar-refractivity contribution in [2.24, 2.45) is 0 Å². The highest BCUT2D eigenvalue weighted by Gasteiger charge is 2.19. The number of nitrogens with zero attached hydrogens (tertiary/aromatic N) is 4. The molecule has 3 rings (SSSR count). The van der Waals surface area contributed by atoms with Crippen LogP contribution in [0.3, 0.4) is 0 Å². The average molecular weight is 401 g/mol. The zero-order valence-electron chi connectivity index (χ0n) is 15.6. The van der Waals surface area contributed by atoms with Gasteiger partial charge in [0.2, 0.25) is 11.7 Å². The van der Waals surface area contributed by atoms with Crippen LogP contribution in [0, 0.1) is 17.0 Å². The zero-order valence-corrected chi connectivity index (χ0v) is 16.4. The van der Waals surface area contributed by atoms with E-state index in [2.05, 4.69) is 15.5 Å². The smallest absolute Gasteiger partial charge is 0.274 e. The van der Waals surface area contributed by atoms with Gasteiger partial charge in [-0.15, -0.1) is 10.2 Å². The van der Waals surface area contributed by atoms with Gasteiger partial charge in [0.15, 0.2) is 10.9 Å². The lowest BCUT2D eigenvalue weighted by Crippen LogP contribution is -2.15. The fourth-order valence-electron chi connectivity index (χ4n) is 2.63. The minimum Gasteiger partial charge on any atom is -0.461 e. The van der Waals surface area contributed by atoms with Gasteiger partial charge < -0.3 is 9.73 Å². The number of hydrogen-bond donors (Lipinski definition) is 1. The van der Waals surface area contributed by atoms with Crippen LogP contribution in [0.1, 0.15) is 25.5 Å². The van der Waals surface area contributed by atoms with E-state index in [1.165, 1.54) is 17.8 Å². The molecule has 2 aromatic heterocycles. The molecule has 0 unspecified atom stereocenters. The predicted molar refractivity (Wildman–Crippen MR) is 105 cm³/mol. The van der Waals surface area contributed by atoms with Crippen molar-refractivity contribution >= 4 is 29.0 Å². The van der Waals surface area contributed by atoms with Gasteiger partial charge in [0.05, 0.1) is 16.9 Å². The molecule has 1 aromatic carbocycles. The Balaban J connectivity index is 1.70. The highest BCUT2D eigenvalue weighted by atomic mass is 32.2. The van der Waals surface area contributed by atoms with Gasteiger partial charge in [-0.2, -0.15) is 0 Å². The molecule has 28 heavy (non-hydrogen) atoms. The van der Waals surface area contributed by atoms with E-state index < -0.39 is 4.92 Å². The topological polar surface area (TPSA) is 116 Å². The number of furan rings is 1. The van der Waals surface area contributed by atoms with Crippen molar-refractivity contribution in [2.45, 2.75) is 32.0 Å². The number of thioether (sulfide) groups is 1. The molecule has 0 radical (unpaired) electrons. The van der Waals surface area contributed by atoms with Crippen LogP contribution in [-0.2, 0) is 4.79 Å². The van der Waals surface area contributed by atoms with Crippen LogP contribution in [0.2, 0.25) is 0 Å². The van der Waals surface area contributed by atoms with Gasteiger partial charge in [-0.3, -0.25) is 19.5 Å². The molecule has 10 heteroatoms. The number of aryl methyl sites for hydroxylation is 1. The first-order valence-electron chi connectivity index (χ1n) is 8.53. The quantitative estimate of drug-likeness (QED) is 0.360. The Morgan fingerprint density at radius 1 is 1.36 bits per heavy atom. The second-order valence-electron chi connectivity index (χ2n) is 6.34. The molecule has 0 atom stereocenters. The summed E-state index contributed by atoms with van der Waals surface area (Å²) in [7, 11) is 0. The second-order valence-corrected chi connectivity index (χ2v) is 7.28. The van der Waals surface area contributed by atoms with Crippen LogP contribution in [0.5, 0.6) is 0 Å². The Hall–Kier alpha value is -3.14. The molecule has 0 spiro atoms. The number of nitro benzene ring substituents is 1. The van der Waals surface area contributed by atoms with Gasteiger partial charge in [0.25, 0.3) is 5.69 Å². The third-order valence-corrected chi connectivity index (χ3v) is 4.89. The van der Waals surface area contributed by atoms with E-state index in [1.807, 2.05) is 18.4 Å². The molecular formula is C18H19N5O4S. The predicted octanol–water partition coefficient (Wildman–Crippen LogP) is 4.07. The number of benzene rings is 1. The Labute approximate surface area is 165 Å². The molecule has 146 valence electrons. The number of carbonyl (C=O) groups excluding carboxylic acids is 1. The number of carbonyl (C=O) groups is 1. The van der Waals surface area contributed by atoms with Crippen molar-refractivity contribution in [1.29, 1.82) is 0 Å². The van der Waals surface area contributed by atoms with Crippen molar-refractivity contribution in [2.75, 3.05) is 11.1 Å². The summed E-state index contributed by atoms with van der Waals surface area (Å²) in [6.45, 7) is 5.63. The fourth-order valence-corrected chi connectivity index (χ4v) is 3.49. The van der Waals surface area contributed by atoms with E-state index in [0.717, 1.165) is 0 Å². The van der Waals surface area contributed by atoms with Crippen molar-refractivity contribution in [1.82, 2.24) is 14.8 Å². The molecule has 1 amide bonds. The Morgan fingerprint density at radius 3 is 2.79 bits per heavy atom. The molecule has 0 aliphatic heterocycles. The standard InChI is InChI=1S/C18H19N5O4S/c1-11(2)22-17(15-5-4-8-27-15)20-21-18(22)28-10-16(24)19-13-7-6-12(3)14(9-13)23(25)26/h4-9,11H,10H2,1-3H3,(H,19,24). The molecule has 0 aliphatic carbocycles. The van der Waals surface area contributed by atoms with Crippen molar-refractivity contribution in [3.63, 3.8) is 0 Å². The largest absolute Gasteiger partial charge is 0.461 e. The molecule has 9 nitrogen and oxygen atoms in total. The van der Waals surface area contributed by atoms with Crippen LogP contribution in [0.15, 0.2) is 46.2 Å². The normalized spacial score (nSPS) is 11.0. The van der Waals surface area contributed by atoms with Crippen molar-refractivity contribution in [3.8, 4) is 11.6 Å². The number of amides is 1. The van der Waals surface area contributed by atoms with E-state index in [0.29, 0.717) is 28.0 Å². The first kappa shape index (κ1) is 19.6. The monoisotopic (exact) mass is 401 g/mol. The maximum atomic E-state index is 12.3.